The number of sulfonamides is 1. The molecule has 0 aliphatic heterocycles. The molecule has 0 amide bonds. The summed E-state index contributed by atoms with van der Waals surface area (Å²) >= 11 is 0. The topological polar surface area (TPSA) is 92.6 Å². The molecule has 0 saturated heterocycles. The first-order valence-electron chi connectivity index (χ1n) is 7.49. The van der Waals surface area contributed by atoms with Crippen molar-refractivity contribution in [2.45, 2.75) is 18.7 Å². The third kappa shape index (κ3) is 4.02. The molecule has 0 radical (unpaired) electrons. The maximum Gasteiger partial charge on any atom is 0.269 e. The summed E-state index contributed by atoms with van der Waals surface area (Å²) in [4.78, 5) is 12.2. The van der Waals surface area contributed by atoms with Gasteiger partial charge in [0, 0.05) is 36.6 Å². The quantitative estimate of drug-likeness (QED) is 0.612. The van der Waals surface area contributed by atoms with Gasteiger partial charge in [0.1, 0.15) is 0 Å². The summed E-state index contributed by atoms with van der Waals surface area (Å²) in [6.45, 7) is 5.83. The van der Waals surface area contributed by atoms with E-state index in [1.54, 1.807) is 12.1 Å². The number of nitro benzene ring substituents is 1. The lowest BCUT2D eigenvalue weighted by atomic mass is 10.2. The van der Waals surface area contributed by atoms with Crippen LogP contribution < -0.4 is 9.62 Å². The number of rotatable bonds is 7. The van der Waals surface area contributed by atoms with Crippen LogP contribution in [0.2, 0.25) is 0 Å². The van der Waals surface area contributed by atoms with Gasteiger partial charge in [0.15, 0.2) is 0 Å². The highest BCUT2D eigenvalue weighted by Crippen LogP contribution is 2.22. The van der Waals surface area contributed by atoms with Crippen LogP contribution in [-0.2, 0) is 10.0 Å². The van der Waals surface area contributed by atoms with E-state index in [4.69, 9.17) is 0 Å². The maximum absolute atomic E-state index is 12.3. The Bertz CT molecular complexity index is 798. The molecule has 128 valence electrons. The molecule has 0 unspecified atom stereocenters. The molecule has 0 saturated carbocycles. The molecule has 0 fully saturated rings. The van der Waals surface area contributed by atoms with Crippen LogP contribution in [0.25, 0.3) is 0 Å². The second kappa shape index (κ2) is 7.31. The van der Waals surface area contributed by atoms with E-state index in [1.807, 2.05) is 12.1 Å². The second-order valence-corrected chi connectivity index (χ2v) is 6.76. The molecule has 0 aliphatic carbocycles. The Balaban J connectivity index is 2.18. The van der Waals surface area contributed by atoms with E-state index < -0.39 is 14.9 Å². The second-order valence-electron chi connectivity index (χ2n) is 5.08. The Morgan fingerprint density at radius 2 is 1.54 bits per heavy atom. The summed E-state index contributed by atoms with van der Waals surface area (Å²) in [5, 5.41) is 10.6. The zero-order valence-corrected chi connectivity index (χ0v) is 14.3. The average Bonchev–Trinajstić information content (AvgIpc) is 2.57. The standard InChI is InChI=1S/C16H19N3O4S/c1-3-18(4-2)14-7-5-13(6-8-14)17-24(22,23)16-11-9-15(10-12-16)19(20)21/h5-12,17H,3-4H2,1-2H3. The predicted molar refractivity (Wildman–Crippen MR) is 93.9 cm³/mol. The molecular weight excluding hydrogens is 330 g/mol. The van der Waals surface area contributed by atoms with Crippen molar-refractivity contribution in [1.82, 2.24) is 0 Å². The number of benzene rings is 2. The van der Waals surface area contributed by atoms with Crippen molar-refractivity contribution < 1.29 is 13.3 Å². The molecule has 0 spiro atoms. The Labute approximate surface area is 141 Å². The lowest BCUT2D eigenvalue weighted by Crippen LogP contribution is -2.21. The molecule has 7 nitrogen and oxygen atoms in total. The molecule has 1 N–H and O–H groups in total. The highest BCUT2D eigenvalue weighted by atomic mass is 32.2. The predicted octanol–water partition coefficient (Wildman–Crippen LogP) is 3.24. The van der Waals surface area contributed by atoms with Gasteiger partial charge in [-0.05, 0) is 50.2 Å². The fraction of sp³-hybridized carbons (Fsp3) is 0.250. The van der Waals surface area contributed by atoms with Crippen molar-refractivity contribution in [2.75, 3.05) is 22.7 Å². The van der Waals surface area contributed by atoms with Crippen LogP contribution in [0.1, 0.15) is 13.8 Å². The van der Waals surface area contributed by atoms with E-state index >= 15 is 0 Å². The molecule has 0 atom stereocenters. The molecule has 0 heterocycles. The highest BCUT2D eigenvalue weighted by molar-refractivity contribution is 7.92. The van der Waals surface area contributed by atoms with Crippen LogP contribution in [0.4, 0.5) is 17.1 Å². The highest BCUT2D eigenvalue weighted by Gasteiger charge is 2.16. The van der Waals surface area contributed by atoms with Crippen molar-refractivity contribution >= 4 is 27.1 Å². The van der Waals surface area contributed by atoms with Crippen LogP contribution in [-0.4, -0.2) is 26.4 Å². The summed E-state index contributed by atoms with van der Waals surface area (Å²) in [6, 6.07) is 11.8. The Morgan fingerprint density at radius 3 is 2.00 bits per heavy atom. The molecule has 8 heteroatoms. The summed E-state index contributed by atoms with van der Waals surface area (Å²) in [6.07, 6.45) is 0. The first kappa shape index (κ1) is 17.7. The average molecular weight is 349 g/mol. The lowest BCUT2D eigenvalue weighted by molar-refractivity contribution is -0.384. The van der Waals surface area contributed by atoms with E-state index in [1.165, 1.54) is 12.1 Å². The Morgan fingerprint density at radius 1 is 1.00 bits per heavy atom. The SMILES string of the molecule is CCN(CC)c1ccc(NS(=O)(=O)c2ccc([N+](=O)[O-])cc2)cc1. The van der Waals surface area contributed by atoms with Gasteiger partial charge >= 0.3 is 0 Å². The zero-order chi connectivity index (χ0) is 17.7. The number of nitrogens with one attached hydrogen (secondary N) is 1. The van der Waals surface area contributed by atoms with E-state index in [-0.39, 0.29) is 10.6 Å². The molecule has 24 heavy (non-hydrogen) atoms. The first-order valence-corrected chi connectivity index (χ1v) is 8.98. The fourth-order valence-corrected chi connectivity index (χ4v) is 3.35. The first-order chi connectivity index (χ1) is 11.4. The van der Waals surface area contributed by atoms with E-state index in [0.29, 0.717) is 5.69 Å². The molecule has 0 bridgehead atoms. The summed E-state index contributed by atoms with van der Waals surface area (Å²) in [5.74, 6) is 0. The van der Waals surface area contributed by atoms with Gasteiger partial charge in [-0.3, -0.25) is 14.8 Å². The minimum atomic E-state index is -3.79. The van der Waals surface area contributed by atoms with E-state index in [0.717, 1.165) is 30.9 Å². The van der Waals surface area contributed by atoms with Gasteiger partial charge in [-0.1, -0.05) is 0 Å². The van der Waals surface area contributed by atoms with Crippen LogP contribution in [0, 0.1) is 10.1 Å². The van der Waals surface area contributed by atoms with E-state index in [9.17, 15) is 18.5 Å². The number of hydrogen-bond acceptors (Lipinski definition) is 5. The van der Waals surface area contributed by atoms with Crippen LogP contribution >= 0.6 is 0 Å². The van der Waals surface area contributed by atoms with Crippen molar-refractivity contribution in [3.05, 3.63) is 58.6 Å². The minimum Gasteiger partial charge on any atom is -0.372 e. The van der Waals surface area contributed by atoms with Gasteiger partial charge in [0.05, 0.1) is 9.82 Å². The Kier molecular flexibility index (Phi) is 5.40. The lowest BCUT2D eigenvalue weighted by Gasteiger charge is -2.21. The monoisotopic (exact) mass is 349 g/mol. The molecular formula is C16H19N3O4S. The van der Waals surface area contributed by atoms with Gasteiger partial charge < -0.3 is 4.90 Å². The number of nitro groups is 1. The fourth-order valence-electron chi connectivity index (χ4n) is 2.29. The number of nitrogens with zero attached hydrogens (tertiary/aromatic N) is 2. The van der Waals surface area contributed by atoms with Crippen molar-refractivity contribution in [1.29, 1.82) is 0 Å². The van der Waals surface area contributed by atoms with Gasteiger partial charge in [-0.15, -0.1) is 0 Å². The normalized spacial score (nSPS) is 11.1. The third-order valence-electron chi connectivity index (χ3n) is 3.61. The Hall–Kier alpha value is -2.61. The van der Waals surface area contributed by atoms with Gasteiger partial charge in [0.2, 0.25) is 0 Å². The molecule has 2 rings (SSSR count). The van der Waals surface area contributed by atoms with Gasteiger partial charge in [-0.2, -0.15) is 0 Å². The van der Waals surface area contributed by atoms with Crippen LogP contribution in [0.3, 0.4) is 0 Å². The van der Waals surface area contributed by atoms with E-state index in [2.05, 4.69) is 23.5 Å². The third-order valence-corrected chi connectivity index (χ3v) is 5.00. The van der Waals surface area contributed by atoms with Gasteiger partial charge in [-0.25, -0.2) is 8.42 Å². The number of anilines is 2. The zero-order valence-electron chi connectivity index (χ0n) is 13.5. The molecule has 2 aromatic rings. The van der Waals surface area contributed by atoms with Crippen LogP contribution in [0.5, 0.6) is 0 Å². The maximum atomic E-state index is 12.3. The largest absolute Gasteiger partial charge is 0.372 e. The van der Waals surface area contributed by atoms with Gasteiger partial charge in [0.25, 0.3) is 15.7 Å². The number of hydrogen-bond donors (Lipinski definition) is 1. The van der Waals surface area contributed by atoms with Crippen molar-refractivity contribution in [2.24, 2.45) is 0 Å². The minimum absolute atomic E-state index is 0.0269. The summed E-state index contributed by atoms with van der Waals surface area (Å²) in [5.41, 5.74) is 1.29. The summed E-state index contributed by atoms with van der Waals surface area (Å²) < 4.78 is 27.1. The molecule has 2 aromatic carbocycles. The smallest absolute Gasteiger partial charge is 0.269 e. The van der Waals surface area contributed by atoms with Crippen molar-refractivity contribution in [3.63, 3.8) is 0 Å². The van der Waals surface area contributed by atoms with Crippen molar-refractivity contribution in [3.8, 4) is 0 Å². The summed E-state index contributed by atoms with van der Waals surface area (Å²) in [7, 11) is -3.79. The molecule has 0 aromatic heterocycles. The number of non-ortho nitro benzene ring substituents is 1. The van der Waals surface area contributed by atoms with Crippen LogP contribution in [0.15, 0.2) is 53.4 Å². The molecule has 0 aliphatic rings.